The molecule has 10 heteroatoms. The van der Waals surface area contributed by atoms with Gasteiger partial charge in [-0.25, -0.2) is 0 Å². The third kappa shape index (κ3) is 6.52. The molecule has 0 bridgehead atoms. The van der Waals surface area contributed by atoms with E-state index in [0.29, 0.717) is 5.02 Å². The van der Waals surface area contributed by atoms with Crippen LogP contribution in [0, 0.1) is 0 Å². The molecule has 0 atom stereocenters. The molecule has 0 unspecified atom stereocenters. The molecule has 1 fully saturated rings. The lowest BCUT2D eigenvalue weighted by atomic mass is 10.3. The number of nitrogens with zero attached hydrogens (tertiary/aromatic N) is 2. The van der Waals surface area contributed by atoms with Gasteiger partial charge in [-0.05, 0) is 6.07 Å². The Bertz CT molecular complexity index is 687. The fourth-order valence-corrected chi connectivity index (χ4v) is 2.51. The Morgan fingerprint density at radius 3 is 2.64 bits per heavy atom. The summed E-state index contributed by atoms with van der Waals surface area (Å²) in [6, 6.07) is 2.02. The highest BCUT2D eigenvalue weighted by Crippen LogP contribution is 2.26. The van der Waals surface area contributed by atoms with Crippen molar-refractivity contribution in [1.82, 2.24) is 20.5 Å². The SMILES string of the molecule is Clc1cncc2cc(CN3CCNCC3)oc12.O=CNCC(F)(F)F. The van der Waals surface area contributed by atoms with Crippen LogP contribution in [-0.2, 0) is 11.3 Å². The van der Waals surface area contributed by atoms with E-state index in [1.807, 2.05) is 6.07 Å². The summed E-state index contributed by atoms with van der Waals surface area (Å²) in [5, 5.41) is 6.37. The molecule has 138 valence electrons. The van der Waals surface area contributed by atoms with Gasteiger partial charge in [0.25, 0.3) is 0 Å². The van der Waals surface area contributed by atoms with Crippen LogP contribution in [0.1, 0.15) is 5.76 Å². The highest BCUT2D eigenvalue weighted by molar-refractivity contribution is 6.34. The molecule has 0 saturated carbocycles. The fraction of sp³-hybridized carbons (Fsp3) is 0.467. The molecule has 0 radical (unpaired) electrons. The van der Waals surface area contributed by atoms with E-state index in [9.17, 15) is 18.0 Å². The summed E-state index contributed by atoms with van der Waals surface area (Å²) in [7, 11) is 0. The fourth-order valence-electron chi connectivity index (χ4n) is 2.31. The van der Waals surface area contributed by atoms with E-state index in [1.165, 1.54) is 5.32 Å². The monoisotopic (exact) mass is 378 g/mol. The Morgan fingerprint density at radius 2 is 2.08 bits per heavy atom. The summed E-state index contributed by atoms with van der Waals surface area (Å²) < 4.78 is 38.8. The number of amides is 1. The average molecular weight is 379 g/mol. The number of halogens is 4. The summed E-state index contributed by atoms with van der Waals surface area (Å²) in [5.41, 5.74) is 0.742. The van der Waals surface area contributed by atoms with Gasteiger partial charge in [-0.2, -0.15) is 13.2 Å². The molecule has 3 rings (SSSR count). The van der Waals surface area contributed by atoms with Crippen molar-refractivity contribution in [1.29, 1.82) is 0 Å². The summed E-state index contributed by atoms with van der Waals surface area (Å²) in [6.07, 6.45) is -0.887. The van der Waals surface area contributed by atoms with Crippen molar-refractivity contribution < 1.29 is 22.4 Å². The standard InChI is InChI=1S/C12H14ClN3O.C3H4F3NO/c13-11-7-15-6-9-5-10(17-12(9)11)8-16-3-1-14-2-4-16;4-3(5,6)1-7-2-8/h5-7,14H,1-4,8H2;2H,1H2,(H,7,8). The number of aromatic nitrogens is 1. The molecule has 6 nitrogen and oxygen atoms in total. The molecule has 25 heavy (non-hydrogen) atoms. The molecule has 0 aromatic carbocycles. The lowest BCUT2D eigenvalue weighted by molar-refractivity contribution is -0.132. The van der Waals surface area contributed by atoms with Crippen molar-refractivity contribution in [2.45, 2.75) is 12.7 Å². The minimum absolute atomic E-state index is 0.00743. The summed E-state index contributed by atoms with van der Waals surface area (Å²) in [5.74, 6) is 0.955. The number of alkyl halides is 3. The zero-order valence-corrected chi connectivity index (χ0v) is 14.0. The van der Waals surface area contributed by atoms with Crippen molar-refractivity contribution in [3.8, 4) is 0 Å². The van der Waals surface area contributed by atoms with Gasteiger partial charge in [0.15, 0.2) is 5.58 Å². The van der Waals surface area contributed by atoms with Crippen LogP contribution in [0.25, 0.3) is 11.0 Å². The first-order valence-corrected chi connectivity index (χ1v) is 7.95. The van der Waals surface area contributed by atoms with Gasteiger partial charge in [0.1, 0.15) is 17.3 Å². The van der Waals surface area contributed by atoms with E-state index < -0.39 is 12.7 Å². The molecule has 0 aliphatic carbocycles. The number of hydrogen-bond donors (Lipinski definition) is 2. The van der Waals surface area contributed by atoms with E-state index in [2.05, 4.69) is 15.2 Å². The minimum atomic E-state index is -4.29. The van der Waals surface area contributed by atoms with Crippen LogP contribution in [0.4, 0.5) is 13.2 Å². The van der Waals surface area contributed by atoms with Crippen LogP contribution in [0.2, 0.25) is 5.02 Å². The molecule has 1 aliphatic heterocycles. The average Bonchev–Trinajstić information content (AvgIpc) is 2.98. The number of piperazine rings is 1. The van der Waals surface area contributed by atoms with Gasteiger partial charge in [-0.1, -0.05) is 11.6 Å². The Balaban J connectivity index is 0.000000242. The number of pyridine rings is 1. The molecule has 1 saturated heterocycles. The first kappa shape index (κ1) is 19.5. The van der Waals surface area contributed by atoms with E-state index in [-0.39, 0.29) is 6.41 Å². The van der Waals surface area contributed by atoms with Crippen molar-refractivity contribution >= 4 is 29.0 Å². The van der Waals surface area contributed by atoms with Gasteiger partial charge in [0.05, 0.1) is 6.54 Å². The Labute approximate surface area is 147 Å². The Kier molecular flexibility index (Phi) is 7.03. The lowest BCUT2D eigenvalue weighted by Crippen LogP contribution is -2.42. The van der Waals surface area contributed by atoms with Crippen LogP contribution < -0.4 is 10.6 Å². The second-order valence-corrected chi connectivity index (χ2v) is 5.80. The zero-order chi connectivity index (χ0) is 18.3. The molecule has 2 N–H and O–H groups in total. The molecule has 2 aromatic heterocycles. The van der Waals surface area contributed by atoms with Crippen LogP contribution >= 0.6 is 11.6 Å². The Hall–Kier alpha value is -1.84. The van der Waals surface area contributed by atoms with Crippen molar-refractivity contribution in [2.24, 2.45) is 0 Å². The van der Waals surface area contributed by atoms with E-state index >= 15 is 0 Å². The molecule has 1 amide bonds. The first-order valence-electron chi connectivity index (χ1n) is 7.58. The highest BCUT2D eigenvalue weighted by atomic mass is 35.5. The summed E-state index contributed by atoms with van der Waals surface area (Å²) >= 11 is 6.03. The maximum atomic E-state index is 11.0. The third-order valence-corrected chi connectivity index (χ3v) is 3.67. The number of furan rings is 1. The maximum Gasteiger partial charge on any atom is 0.405 e. The van der Waals surface area contributed by atoms with Gasteiger partial charge in [-0.3, -0.25) is 14.7 Å². The second kappa shape index (κ2) is 9.02. The van der Waals surface area contributed by atoms with Crippen molar-refractivity contribution in [3.63, 3.8) is 0 Å². The van der Waals surface area contributed by atoms with E-state index in [0.717, 1.165) is 49.5 Å². The molecule has 0 spiro atoms. The largest absolute Gasteiger partial charge is 0.458 e. The highest BCUT2D eigenvalue weighted by Gasteiger charge is 2.25. The lowest BCUT2D eigenvalue weighted by Gasteiger charge is -2.26. The van der Waals surface area contributed by atoms with E-state index in [1.54, 1.807) is 12.4 Å². The van der Waals surface area contributed by atoms with Crippen LogP contribution in [0.5, 0.6) is 0 Å². The summed E-state index contributed by atoms with van der Waals surface area (Å²) in [6.45, 7) is 3.79. The van der Waals surface area contributed by atoms with Gasteiger partial charge in [0, 0.05) is 44.0 Å². The molecular formula is C15H18ClF3N4O2. The zero-order valence-electron chi connectivity index (χ0n) is 13.3. The van der Waals surface area contributed by atoms with Crippen molar-refractivity contribution in [2.75, 3.05) is 32.7 Å². The maximum absolute atomic E-state index is 11.0. The number of hydrogen-bond acceptors (Lipinski definition) is 5. The minimum Gasteiger partial charge on any atom is -0.458 e. The molecular weight excluding hydrogens is 361 g/mol. The summed E-state index contributed by atoms with van der Waals surface area (Å²) in [4.78, 5) is 15.7. The normalized spacial score (nSPS) is 15.5. The Morgan fingerprint density at radius 1 is 1.36 bits per heavy atom. The molecule has 2 aromatic rings. The van der Waals surface area contributed by atoms with Crippen molar-refractivity contribution in [3.05, 3.63) is 29.2 Å². The number of carbonyl (C=O) groups is 1. The van der Waals surface area contributed by atoms with Crippen LogP contribution in [-0.4, -0.2) is 55.2 Å². The predicted molar refractivity (Wildman–Crippen MR) is 87.3 cm³/mol. The van der Waals surface area contributed by atoms with E-state index in [4.69, 9.17) is 16.0 Å². The van der Waals surface area contributed by atoms with Gasteiger partial charge < -0.3 is 15.1 Å². The second-order valence-electron chi connectivity index (χ2n) is 5.39. The van der Waals surface area contributed by atoms with Gasteiger partial charge in [0.2, 0.25) is 6.41 Å². The smallest absolute Gasteiger partial charge is 0.405 e. The number of fused-ring (bicyclic) bond motifs is 1. The first-order chi connectivity index (χ1) is 11.9. The number of nitrogens with one attached hydrogen (secondary N) is 2. The quantitative estimate of drug-likeness (QED) is 0.798. The van der Waals surface area contributed by atoms with Crippen LogP contribution in [0.15, 0.2) is 22.9 Å². The predicted octanol–water partition coefficient (Wildman–Crippen LogP) is 2.18. The van der Waals surface area contributed by atoms with Crippen LogP contribution in [0.3, 0.4) is 0 Å². The van der Waals surface area contributed by atoms with Gasteiger partial charge in [-0.15, -0.1) is 0 Å². The van der Waals surface area contributed by atoms with Gasteiger partial charge >= 0.3 is 6.18 Å². The number of rotatable bonds is 4. The topological polar surface area (TPSA) is 70.4 Å². The molecule has 1 aliphatic rings. The number of carbonyl (C=O) groups excluding carboxylic acids is 1. The molecule has 3 heterocycles. The third-order valence-electron chi connectivity index (χ3n) is 3.41.